The highest BCUT2D eigenvalue weighted by Gasteiger charge is 2.31. The van der Waals surface area contributed by atoms with E-state index >= 15 is 0 Å². The van der Waals surface area contributed by atoms with Gasteiger partial charge in [-0.1, -0.05) is 6.07 Å². The van der Waals surface area contributed by atoms with Crippen LogP contribution in [0.15, 0.2) is 42.7 Å². The van der Waals surface area contributed by atoms with Crippen molar-refractivity contribution in [1.82, 2.24) is 20.3 Å². The smallest absolute Gasteiger partial charge is 0.370 e. The van der Waals surface area contributed by atoms with Gasteiger partial charge in [-0.2, -0.15) is 13.2 Å². The predicted molar refractivity (Wildman–Crippen MR) is 110 cm³/mol. The summed E-state index contributed by atoms with van der Waals surface area (Å²) in [5.74, 6) is -3.27. The zero-order valence-electron chi connectivity index (χ0n) is 17.3. The van der Waals surface area contributed by atoms with Crippen LogP contribution >= 0.6 is 0 Å². The molecule has 3 rings (SSSR count). The van der Waals surface area contributed by atoms with Gasteiger partial charge in [0.15, 0.2) is 5.82 Å². The normalized spacial score (nSPS) is 11.2. The molecule has 0 fully saturated rings. The van der Waals surface area contributed by atoms with Crippen LogP contribution in [0.2, 0.25) is 0 Å². The second kappa shape index (κ2) is 10.2. The lowest BCUT2D eigenvalue weighted by molar-refractivity contribution is -0.137. The van der Waals surface area contributed by atoms with E-state index in [4.69, 9.17) is 5.73 Å². The number of nitrogens with two attached hydrogens (primary N) is 1. The lowest BCUT2D eigenvalue weighted by atomic mass is 10.2. The number of pyridine rings is 1. The molecule has 0 saturated heterocycles. The standard InChI is InChI=1S/C21H17F5N6O2/c22-14-2-1-11(15(23)6-14)9-30-18-7-16(20(34)29-4-3-17(27)33)31-19(32-18)12-5-13(10-28-8-12)21(24,25)26/h1-2,5-8,10H,3-4,9H2,(H2,27,33)(H,29,34)(H,30,31,32). The molecule has 2 aromatic heterocycles. The van der Waals surface area contributed by atoms with Crippen molar-refractivity contribution in [3.63, 3.8) is 0 Å². The van der Waals surface area contributed by atoms with E-state index in [1.807, 2.05) is 0 Å². The van der Waals surface area contributed by atoms with Gasteiger partial charge >= 0.3 is 6.18 Å². The molecule has 0 saturated carbocycles. The molecule has 0 aliphatic rings. The number of carbonyl (C=O) groups excluding carboxylic acids is 2. The Labute approximate surface area is 189 Å². The van der Waals surface area contributed by atoms with Crippen LogP contribution in [0.25, 0.3) is 11.4 Å². The number of hydrogen-bond donors (Lipinski definition) is 3. The van der Waals surface area contributed by atoms with Crippen molar-refractivity contribution in [3.8, 4) is 11.4 Å². The number of nitrogens with zero attached hydrogens (tertiary/aromatic N) is 3. The minimum Gasteiger partial charge on any atom is -0.370 e. The molecule has 0 aliphatic heterocycles. The largest absolute Gasteiger partial charge is 0.417 e. The Morgan fingerprint density at radius 1 is 1.03 bits per heavy atom. The number of aromatic nitrogens is 3. The predicted octanol–water partition coefficient (Wildman–Crippen LogP) is 3.05. The molecule has 0 spiro atoms. The van der Waals surface area contributed by atoms with Crippen LogP contribution in [0.1, 0.15) is 28.0 Å². The summed E-state index contributed by atoms with van der Waals surface area (Å²) >= 11 is 0. The Balaban J connectivity index is 1.94. The highest BCUT2D eigenvalue weighted by atomic mass is 19.4. The third-order valence-corrected chi connectivity index (χ3v) is 4.41. The summed E-state index contributed by atoms with van der Waals surface area (Å²) in [5, 5.41) is 5.14. The number of primary amides is 1. The van der Waals surface area contributed by atoms with Crippen molar-refractivity contribution in [1.29, 1.82) is 0 Å². The van der Waals surface area contributed by atoms with Crippen LogP contribution in [0, 0.1) is 11.6 Å². The highest BCUT2D eigenvalue weighted by molar-refractivity contribution is 5.93. The Morgan fingerprint density at radius 2 is 1.79 bits per heavy atom. The zero-order valence-corrected chi connectivity index (χ0v) is 17.3. The fraction of sp³-hybridized carbons (Fsp3) is 0.190. The summed E-state index contributed by atoms with van der Waals surface area (Å²) in [6.45, 7) is -0.270. The fourth-order valence-corrected chi connectivity index (χ4v) is 2.74. The summed E-state index contributed by atoms with van der Waals surface area (Å²) in [5.41, 5.74) is 3.69. The van der Waals surface area contributed by atoms with Crippen molar-refractivity contribution in [2.24, 2.45) is 5.73 Å². The third-order valence-electron chi connectivity index (χ3n) is 4.41. The van der Waals surface area contributed by atoms with Gasteiger partial charge in [0, 0.05) is 55.2 Å². The van der Waals surface area contributed by atoms with Gasteiger partial charge in [0.25, 0.3) is 5.91 Å². The molecule has 0 radical (unpaired) electrons. The number of carbonyl (C=O) groups is 2. The number of rotatable bonds is 8. The lowest BCUT2D eigenvalue weighted by Gasteiger charge is -2.12. The molecule has 0 atom stereocenters. The second-order valence-electron chi connectivity index (χ2n) is 6.98. The number of benzene rings is 1. The van der Waals surface area contributed by atoms with E-state index in [-0.39, 0.29) is 48.0 Å². The summed E-state index contributed by atoms with van der Waals surface area (Å²) in [4.78, 5) is 35.0. The molecule has 178 valence electrons. The average molecular weight is 480 g/mol. The van der Waals surface area contributed by atoms with E-state index in [1.165, 1.54) is 12.1 Å². The quantitative estimate of drug-likeness (QED) is 0.426. The summed E-state index contributed by atoms with van der Waals surface area (Å²) in [6.07, 6.45) is -3.10. The fourth-order valence-electron chi connectivity index (χ4n) is 2.74. The van der Waals surface area contributed by atoms with E-state index in [9.17, 15) is 31.5 Å². The van der Waals surface area contributed by atoms with E-state index in [0.717, 1.165) is 18.3 Å². The van der Waals surface area contributed by atoms with Gasteiger partial charge in [0.2, 0.25) is 5.91 Å². The van der Waals surface area contributed by atoms with E-state index in [2.05, 4.69) is 25.6 Å². The third kappa shape index (κ3) is 6.43. The summed E-state index contributed by atoms with van der Waals surface area (Å²) in [7, 11) is 0. The van der Waals surface area contributed by atoms with Crippen molar-refractivity contribution >= 4 is 17.6 Å². The molecule has 1 aromatic carbocycles. The Bertz CT molecular complexity index is 1220. The SMILES string of the molecule is NC(=O)CCNC(=O)c1cc(NCc2ccc(F)cc2F)nc(-c2cncc(C(F)(F)F)c2)n1. The van der Waals surface area contributed by atoms with Crippen LogP contribution in [0.4, 0.5) is 27.8 Å². The molecule has 3 aromatic rings. The number of amides is 2. The van der Waals surface area contributed by atoms with Crippen LogP contribution in [-0.2, 0) is 17.5 Å². The molecular weight excluding hydrogens is 463 g/mol. The summed E-state index contributed by atoms with van der Waals surface area (Å²) in [6, 6.07) is 4.89. The second-order valence-corrected chi connectivity index (χ2v) is 6.98. The Hall–Kier alpha value is -4.16. The molecule has 2 amide bonds. The first-order valence-electron chi connectivity index (χ1n) is 9.69. The van der Waals surface area contributed by atoms with Crippen molar-refractivity contribution in [2.75, 3.05) is 11.9 Å². The monoisotopic (exact) mass is 480 g/mol. The minimum atomic E-state index is -4.67. The van der Waals surface area contributed by atoms with E-state index in [1.54, 1.807) is 0 Å². The molecule has 34 heavy (non-hydrogen) atoms. The zero-order chi connectivity index (χ0) is 24.9. The van der Waals surface area contributed by atoms with Gasteiger partial charge in [-0.15, -0.1) is 0 Å². The average Bonchev–Trinajstić information content (AvgIpc) is 2.77. The molecule has 0 unspecified atom stereocenters. The van der Waals surface area contributed by atoms with Gasteiger partial charge in [0.05, 0.1) is 5.56 Å². The van der Waals surface area contributed by atoms with Gasteiger partial charge in [0.1, 0.15) is 23.1 Å². The molecule has 13 heteroatoms. The summed E-state index contributed by atoms with van der Waals surface area (Å²) < 4.78 is 66.3. The van der Waals surface area contributed by atoms with Crippen molar-refractivity contribution in [3.05, 3.63) is 71.2 Å². The van der Waals surface area contributed by atoms with Gasteiger partial charge in [-0.05, 0) is 12.1 Å². The van der Waals surface area contributed by atoms with Gasteiger partial charge in [-0.3, -0.25) is 14.6 Å². The molecule has 2 heterocycles. The van der Waals surface area contributed by atoms with Crippen molar-refractivity contribution in [2.45, 2.75) is 19.1 Å². The maximum Gasteiger partial charge on any atom is 0.417 e. The van der Waals surface area contributed by atoms with Crippen LogP contribution in [0.5, 0.6) is 0 Å². The number of halogens is 5. The molecule has 0 bridgehead atoms. The molecular formula is C21H17F5N6O2. The maximum absolute atomic E-state index is 13.9. The van der Waals surface area contributed by atoms with Gasteiger partial charge < -0.3 is 16.4 Å². The number of anilines is 1. The number of nitrogens with one attached hydrogen (secondary N) is 2. The van der Waals surface area contributed by atoms with E-state index < -0.39 is 35.2 Å². The molecule has 0 aliphatic carbocycles. The maximum atomic E-state index is 13.9. The van der Waals surface area contributed by atoms with Crippen LogP contribution in [-0.4, -0.2) is 33.3 Å². The van der Waals surface area contributed by atoms with Crippen LogP contribution in [0.3, 0.4) is 0 Å². The van der Waals surface area contributed by atoms with Crippen molar-refractivity contribution < 1.29 is 31.5 Å². The molecule has 8 nitrogen and oxygen atoms in total. The molecule has 4 N–H and O–H groups in total. The Morgan fingerprint density at radius 3 is 2.47 bits per heavy atom. The lowest BCUT2D eigenvalue weighted by Crippen LogP contribution is -2.28. The first kappa shape index (κ1) is 24.5. The van der Waals surface area contributed by atoms with Crippen LogP contribution < -0.4 is 16.4 Å². The first-order chi connectivity index (χ1) is 16.0. The Kier molecular flexibility index (Phi) is 7.34. The topological polar surface area (TPSA) is 123 Å². The number of hydrogen-bond acceptors (Lipinski definition) is 6. The number of alkyl halides is 3. The minimum absolute atomic E-state index is 0.0220. The first-order valence-corrected chi connectivity index (χ1v) is 9.69. The van der Waals surface area contributed by atoms with Gasteiger partial charge in [-0.25, -0.2) is 18.7 Å². The highest BCUT2D eigenvalue weighted by Crippen LogP contribution is 2.31. The van der Waals surface area contributed by atoms with E-state index in [0.29, 0.717) is 12.3 Å².